The first-order valence-corrected chi connectivity index (χ1v) is 6.16. The van der Waals surface area contributed by atoms with Gasteiger partial charge in [-0.05, 0) is 31.5 Å². The normalized spacial score (nSPS) is 20.2. The van der Waals surface area contributed by atoms with E-state index in [1.807, 2.05) is 4.90 Å². The van der Waals surface area contributed by atoms with E-state index in [4.69, 9.17) is 5.11 Å². The molecule has 2 rings (SSSR count). The Morgan fingerprint density at radius 3 is 2.95 bits per heavy atom. The van der Waals surface area contributed by atoms with Gasteiger partial charge in [-0.3, -0.25) is 9.69 Å². The van der Waals surface area contributed by atoms with Crippen LogP contribution >= 0.6 is 0 Å². The van der Waals surface area contributed by atoms with Crippen LogP contribution < -0.4 is 0 Å². The summed E-state index contributed by atoms with van der Waals surface area (Å²) in [5.74, 6) is -2.05. The highest BCUT2D eigenvalue weighted by atomic mass is 19.1. The van der Waals surface area contributed by atoms with E-state index in [1.54, 1.807) is 12.2 Å². The summed E-state index contributed by atoms with van der Waals surface area (Å²) in [7, 11) is 0. The second-order valence-electron chi connectivity index (χ2n) is 4.56. The molecule has 1 N–H and O–H groups in total. The van der Waals surface area contributed by atoms with Crippen LogP contribution in [-0.2, 0) is 4.79 Å². The Hall–Kier alpha value is -1.75. The molecule has 0 spiro atoms. The molecule has 0 unspecified atom stereocenters. The summed E-state index contributed by atoms with van der Waals surface area (Å²) in [4.78, 5) is 12.8. The molecule has 1 heterocycles. The highest BCUT2D eigenvalue weighted by molar-refractivity contribution is 5.73. The van der Waals surface area contributed by atoms with Gasteiger partial charge in [-0.25, -0.2) is 8.78 Å². The standard InChI is InChI=1S/C14H15F2NO2/c15-11-6-5-10(12(16)9-11)3-1-7-17-8-2-4-13(17)14(18)19/h1,3,5-6,9,13H,2,4,7-8H2,(H,18,19)/b3-1+/t13-/m0/s1. The first kappa shape index (κ1) is 13.7. The fourth-order valence-corrected chi connectivity index (χ4v) is 2.28. The molecule has 1 aliphatic heterocycles. The number of benzene rings is 1. The summed E-state index contributed by atoms with van der Waals surface area (Å²) < 4.78 is 26.1. The number of rotatable bonds is 4. The average Bonchev–Trinajstić information content (AvgIpc) is 2.80. The van der Waals surface area contributed by atoms with E-state index in [9.17, 15) is 13.6 Å². The summed E-state index contributed by atoms with van der Waals surface area (Å²) >= 11 is 0. The summed E-state index contributed by atoms with van der Waals surface area (Å²) in [5, 5.41) is 9.01. The SMILES string of the molecule is O=C(O)[C@@H]1CCCN1C/C=C/c1ccc(F)cc1F. The van der Waals surface area contributed by atoms with Crippen molar-refractivity contribution >= 4 is 12.0 Å². The quantitative estimate of drug-likeness (QED) is 0.911. The minimum absolute atomic E-state index is 0.299. The van der Waals surface area contributed by atoms with Gasteiger partial charge < -0.3 is 5.11 Å². The number of likely N-dealkylation sites (tertiary alicyclic amines) is 1. The second-order valence-corrected chi connectivity index (χ2v) is 4.56. The zero-order chi connectivity index (χ0) is 13.8. The lowest BCUT2D eigenvalue weighted by Crippen LogP contribution is -2.35. The Balaban J connectivity index is 1.98. The number of carboxylic acids is 1. The lowest BCUT2D eigenvalue weighted by Gasteiger charge is -2.18. The van der Waals surface area contributed by atoms with Crippen molar-refractivity contribution in [1.29, 1.82) is 0 Å². The molecule has 1 aromatic carbocycles. The van der Waals surface area contributed by atoms with Crippen molar-refractivity contribution in [2.75, 3.05) is 13.1 Å². The largest absolute Gasteiger partial charge is 0.480 e. The minimum Gasteiger partial charge on any atom is -0.480 e. The molecule has 0 aliphatic carbocycles. The summed E-state index contributed by atoms with van der Waals surface area (Å²) in [6, 6.07) is 2.93. The molecule has 5 heteroatoms. The highest BCUT2D eigenvalue weighted by Crippen LogP contribution is 2.17. The van der Waals surface area contributed by atoms with E-state index in [2.05, 4.69) is 0 Å². The molecule has 1 fully saturated rings. The third-order valence-electron chi connectivity index (χ3n) is 3.25. The molecular weight excluding hydrogens is 252 g/mol. The van der Waals surface area contributed by atoms with Gasteiger partial charge in [0.15, 0.2) is 0 Å². The van der Waals surface area contributed by atoms with Crippen LogP contribution in [0.5, 0.6) is 0 Å². The Morgan fingerprint density at radius 1 is 1.47 bits per heavy atom. The molecule has 1 aromatic rings. The summed E-state index contributed by atoms with van der Waals surface area (Å²) in [6.45, 7) is 1.18. The van der Waals surface area contributed by atoms with Gasteiger partial charge >= 0.3 is 5.97 Å². The molecule has 0 bridgehead atoms. The Bertz CT molecular complexity index is 502. The van der Waals surface area contributed by atoms with Gasteiger partial charge in [0.05, 0.1) is 0 Å². The zero-order valence-electron chi connectivity index (χ0n) is 10.4. The van der Waals surface area contributed by atoms with Gasteiger partial charge in [0.25, 0.3) is 0 Å². The fourth-order valence-electron chi connectivity index (χ4n) is 2.28. The van der Waals surface area contributed by atoms with Crippen molar-refractivity contribution in [2.45, 2.75) is 18.9 Å². The summed E-state index contributed by atoms with van der Waals surface area (Å²) in [5.41, 5.74) is 0.299. The molecule has 1 saturated heterocycles. The van der Waals surface area contributed by atoms with Gasteiger partial charge in [-0.1, -0.05) is 12.2 Å². The number of halogens is 2. The number of hydrogen-bond acceptors (Lipinski definition) is 2. The van der Waals surface area contributed by atoms with Crippen LogP contribution in [0.3, 0.4) is 0 Å². The van der Waals surface area contributed by atoms with Crippen molar-refractivity contribution in [1.82, 2.24) is 4.90 Å². The molecule has 0 aromatic heterocycles. The van der Waals surface area contributed by atoms with Crippen molar-refractivity contribution in [3.63, 3.8) is 0 Å². The van der Waals surface area contributed by atoms with Gasteiger partial charge in [-0.2, -0.15) is 0 Å². The van der Waals surface area contributed by atoms with Crippen LogP contribution in [0, 0.1) is 11.6 Å². The maximum atomic E-state index is 13.4. The molecular formula is C14H15F2NO2. The molecule has 1 aliphatic rings. The molecule has 102 valence electrons. The molecule has 3 nitrogen and oxygen atoms in total. The smallest absolute Gasteiger partial charge is 0.320 e. The van der Waals surface area contributed by atoms with Gasteiger partial charge in [0.1, 0.15) is 17.7 Å². The van der Waals surface area contributed by atoms with Crippen LogP contribution in [0.4, 0.5) is 8.78 Å². The fraction of sp³-hybridized carbons (Fsp3) is 0.357. The predicted molar refractivity (Wildman–Crippen MR) is 67.6 cm³/mol. The Labute approximate surface area is 110 Å². The van der Waals surface area contributed by atoms with Crippen LogP contribution in [0.25, 0.3) is 6.08 Å². The molecule has 0 radical (unpaired) electrons. The van der Waals surface area contributed by atoms with Gasteiger partial charge in [0.2, 0.25) is 0 Å². The lowest BCUT2D eigenvalue weighted by atomic mass is 10.2. The van der Waals surface area contributed by atoms with E-state index >= 15 is 0 Å². The second kappa shape index (κ2) is 5.93. The van der Waals surface area contributed by atoms with Crippen LogP contribution in [0.15, 0.2) is 24.3 Å². The molecule has 0 saturated carbocycles. The number of hydrogen-bond donors (Lipinski definition) is 1. The third-order valence-corrected chi connectivity index (χ3v) is 3.25. The van der Waals surface area contributed by atoms with E-state index in [-0.39, 0.29) is 0 Å². The van der Waals surface area contributed by atoms with Gasteiger partial charge in [0, 0.05) is 18.2 Å². The van der Waals surface area contributed by atoms with Crippen LogP contribution in [0.1, 0.15) is 18.4 Å². The van der Waals surface area contributed by atoms with Gasteiger partial charge in [-0.15, -0.1) is 0 Å². The maximum Gasteiger partial charge on any atom is 0.320 e. The van der Waals surface area contributed by atoms with Crippen molar-refractivity contribution < 1.29 is 18.7 Å². The first-order chi connectivity index (χ1) is 9.08. The Kier molecular flexibility index (Phi) is 4.27. The highest BCUT2D eigenvalue weighted by Gasteiger charge is 2.29. The van der Waals surface area contributed by atoms with Crippen molar-refractivity contribution in [2.24, 2.45) is 0 Å². The Morgan fingerprint density at radius 2 is 2.26 bits per heavy atom. The topological polar surface area (TPSA) is 40.5 Å². The minimum atomic E-state index is -0.820. The lowest BCUT2D eigenvalue weighted by molar-refractivity contribution is -0.141. The molecule has 1 atom stereocenters. The number of carboxylic acid groups (broad SMARTS) is 1. The number of aliphatic carboxylic acids is 1. The van der Waals surface area contributed by atoms with E-state index < -0.39 is 23.6 Å². The first-order valence-electron chi connectivity index (χ1n) is 6.16. The van der Waals surface area contributed by atoms with Crippen molar-refractivity contribution in [3.8, 4) is 0 Å². The van der Waals surface area contributed by atoms with E-state index in [0.29, 0.717) is 18.5 Å². The van der Waals surface area contributed by atoms with E-state index in [1.165, 1.54) is 12.1 Å². The summed E-state index contributed by atoms with van der Waals surface area (Å²) in [6.07, 6.45) is 4.76. The monoisotopic (exact) mass is 267 g/mol. The average molecular weight is 267 g/mol. The van der Waals surface area contributed by atoms with Crippen LogP contribution in [-0.4, -0.2) is 35.1 Å². The maximum absolute atomic E-state index is 13.4. The molecule has 0 amide bonds. The van der Waals surface area contributed by atoms with E-state index in [0.717, 1.165) is 19.0 Å². The van der Waals surface area contributed by atoms with Crippen molar-refractivity contribution in [3.05, 3.63) is 41.5 Å². The van der Waals surface area contributed by atoms with Crippen LogP contribution in [0.2, 0.25) is 0 Å². The molecule has 19 heavy (non-hydrogen) atoms. The zero-order valence-corrected chi connectivity index (χ0v) is 10.4. The predicted octanol–water partition coefficient (Wildman–Crippen LogP) is 2.53. The third kappa shape index (κ3) is 3.38. The number of nitrogens with zero attached hydrogens (tertiary/aromatic N) is 1. The number of carbonyl (C=O) groups is 1.